The fraction of sp³-hybridized carbons (Fsp3) is 0.280. The van der Waals surface area contributed by atoms with Crippen molar-refractivity contribution in [1.29, 1.82) is 0 Å². The van der Waals surface area contributed by atoms with E-state index in [1.807, 2.05) is 0 Å². The maximum atomic E-state index is 12.8. The largest absolute Gasteiger partial charge is 0.487 e. The Morgan fingerprint density at radius 3 is 2.47 bits per heavy atom. The molecule has 0 saturated heterocycles. The molecule has 0 saturated carbocycles. The van der Waals surface area contributed by atoms with Gasteiger partial charge in [-0.3, -0.25) is 4.79 Å². The summed E-state index contributed by atoms with van der Waals surface area (Å²) in [5, 5.41) is 0. The number of aromatic nitrogens is 1. The minimum Gasteiger partial charge on any atom is -0.487 e. The van der Waals surface area contributed by atoms with Crippen molar-refractivity contribution in [3.8, 4) is 17.2 Å². The van der Waals surface area contributed by atoms with Crippen LogP contribution < -0.4 is 4.74 Å². The van der Waals surface area contributed by atoms with Gasteiger partial charge in [-0.25, -0.2) is 4.98 Å². The number of benzene rings is 2. The van der Waals surface area contributed by atoms with Crippen molar-refractivity contribution in [3.05, 3.63) is 83.8 Å². The van der Waals surface area contributed by atoms with Crippen molar-refractivity contribution in [2.24, 2.45) is 0 Å². The van der Waals surface area contributed by atoms with E-state index in [1.54, 1.807) is 31.2 Å². The van der Waals surface area contributed by atoms with E-state index in [0.29, 0.717) is 32.8 Å². The van der Waals surface area contributed by atoms with Crippen LogP contribution in [0.5, 0.6) is 5.75 Å². The van der Waals surface area contributed by atoms with Crippen LogP contribution in [0.25, 0.3) is 11.5 Å². The molecular formula is C25H26F3N3O6S. The zero-order valence-electron chi connectivity index (χ0n) is 20.9. The van der Waals surface area contributed by atoms with Crippen LogP contribution in [0.3, 0.4) is 0 Å². The number of hydroxylamine groups is 1. The van der Waals surface area contributed by atoms with Gasteiger partial charge in [0.05, 0.1) is 12.1 Å². The molecule has 0 unspecified atom stereocenters. The van der Waals surface area contributed by atoms with E-state index in [2.05, 4.69) is 11.6 Å². The van der Waals surface area contributed by atoms with Crippen LogP contribution in [-0.2, 0) is 39.2 Å². The molecule has 0 atom stereocenters. The Labute approximate surface area is 218 Å². The van der Waals surface area contributed by atoms with E-state index in [9.17, 15) is 26.4 Å². The lowest BCUT2D eigenvalue weighted by Crippen LogP contribution is -2.42. The molecule has 204 valence electrons. The summed E-state index contributed by atoms with van der Waals surface area (Å²) in [6, 6.07) is 10.9. The highest BCUT2D eigenvalue weighted by Gasteiger charge is 2.31. The number of halogens is 3. The van der Waals surface area contributed by atoms with Crippen molar-refractivity contribution in [2.45, 2.75) is 33.2 Å². The minimum atomic E-state index is -4.44. The fourth-order valence-corrected chi connectivity index (χ4v) is 4.37. The van der Waals surface area contributed by atoms with Crippen LogP contribution in [0.1, 0.15) is 29.5 Å². The van der Waals surface area contributed by atoms with Crippen LogP contribution in [-0.4, -0.2) is 41.7 Å². The highest BCUT2D eigenvalue weighted by Crippen LogP contribution is 2.31. The minimum absolute atomic E-state index is 0.00869. The van der Waals surface area contributed by atoms with E-state index in [0.717, 1.165) is 23.4 Å². The van der Waals surface area contributed by atoms with Crippen LogP contribution in [0.15, 0.2) is 65.6 Å². The summed E-state index contributed by atoms with van der Waals surface area (Å²) >= 11 is 0. The third kappa shape index (κ3) is 7.21. The van der Waals surface area contributed by atoms with Gasteiger partial charge in [-0.15, -0.1) is 6.58 Å². The molecule has 0 aliphatic heterocycles. The predicted molar refractivity (Wildman–Crippen MR) is 132 cm³/mol. The Balaban J connectivity index is 1.73. The number of carbonyl (C=O) groups is 1. The summed E-state index contributed by atoms with van der Waals surface area (Å²) in [5.41, 5.74) is 0.505. The van der Waals surface area contributed by atoms with Crippen molar-refractivity contribution in [2.75, 3.05) is 13.6 Å². The van der Waals surface area contributed by atoms with Gasteiger partial charge in [0.2, 0.25) is 5.89 Å². The van der Waals surface area contributed by atoms with Gasteiger partial charge >= 0.3 is 22.4 Å². The number of nitrogens with zero attached hydrogens (tertiary/aromatic N) is 3. The average molecular weight is 554 g/mol. The molecule has 0 fully saturated rings. The molecule has 0 radical (unpaired) electrons. The van der Waals surface area contributed by atoms with Crippen molar-refractivity contribution in [3.63, 3.8) is 0 Å². The quantitative estimate of drug-likeness (QED) is 0.246. The number of oxazole rings is 1. The monoisotopic (exact) mass is 553 g/mol. The second kappa shape index (κ2) is 11.8. The summed E-state index contributed by atoms with van der Waals surface area (Å²) in [4.78, 5) is 20.8. The third-order valence-corrected chi connectivity index (χ3v) is 6.86. The zero-order valence-corrected chi connectivity index (χ0v) is 21.7. The van der Waals surface area contributed by atoms with Gasteiger partial charge in [-0.1, -0.05) is 18.2 Å². The lowest BCUT2D eigenvalue weighted by Gasteiger charge is -2.25. The maximum absolute atomic E-state index is 12.8. The first-order chi connectivity index (χ1) is 17.8. The van der Waals surface area contributed by atoms with Crippen LogP contribution in [0, 0.1) is 6.92 Å². The highest BCUT2D eigenvalue weighted by molar-refractivity contribution is 7.86. The second-order valence-corrected chi connectivity index (χ2v) is 10.1. The molecule has 2 aromatic carbocycles. The molecule has 0 bridgehead atoms. The smallest absolute Gasteiger partial charge is 0.416 e. The van der Waals surface area contributed by atoms with E-state index in [-0.39, 0.29) is 25.6 Å². The van der Waals surface area contributed by atoms with E-state index < -0.39 is 27.9 Å². The zero-order chi connectivity index (χ0) is 28.1. The van der Waals surface area contributed by atoms with E-state index >= 15 is 0 Å². The van der Waals surface area contributed by atoms with Gasteiger partial charge < -0.3 is 14.0 Å². The summed E-state index contributed by atoms with van der Waals surface area (Å²) in [7, 11) is -2.81. The van der Waals surface area contributed by atoms with Crippen molar-refractivity contribution < 1.29 is 40.4 Å². The molecule has 13 heteroatoms. The van der Waals surface area contributed by atoms with Gasteiger partial charge in [-0.2, -0.15) is 25.9 Å². The van der Waals surface area contributed by atoms with Crippen LogP contribution in [0.2, 0.25) is 0 Å². The second-order valence-electron chi connectivity index (χ2n) is 8.15. The fourth-order valence-electron chi connectivity index (χ4n) is 3.26. The highest BCUT2D eigenvalue weighted by atomic mass is 32.2. The number of likely N-dealkylation sites (N-methyl/N-ethyl adjacent to an activating group) is 1. The third-order valence-electron chi connectivity index (χ3n) is 5.21. The molecule has 0 aliphatic carbocycles. The Kier molecular flexibility index (Phi) is 8.97. The molecule has 3 aromatic rings. The van der Waals surface area contributed by atoms with Gasteiger partial charge in [0.15, 0.2) is 0 Å². The lowest BCUT2D eigenvalue weighted by atomic mass is 10.1. The Morgan fingerprint density at radius 1 is 1.18 bits per heavy atom. The molecule has 0 spiro atoms. The van der Waals surface area contributed by atoms with Crippen molar-refractivity contribution in [1.82, 2.24) is 13.8 Å². The van der Waals surface area contributed by atoms with Crippen molar-refractivity contribution >= 4 is 16.2 Å². The molecule has 1 heterocycles. The first kappa shape index (κ1) is 28.9. The number of hydrogen-bond acceptors (Lipinski definition) is 7. The van der Waals surface area contributed by atoms with Crippen LogP contribution in [0.4, 0.5) is 13.2 Å². The average Bonchev–Trinajstić information content (AvgIpc) is 3.22. The maximum Gasteiger partial charge on any atom is 0.416 e. The van der Waals surface area contributed by atoms with E-state index in [4.69, 9.17) is 14.0 Å². The molecule has 1 aromatic heterocycles. The molecule has 3 rings (SSSR count). The first-order valence-corrected chi connectivity index (χ1v) is 12.6. The van der Waals surface area contributed by atoms with Gasteiger partial charge in [0.25, 0.3) is 0 Å². The predicted octanol–water partition coefficient (Wildman–Crippen LogP) is 4.89. The topological polar surface area (TPSA) is 102 Å². The van der Waals surface area contributed by atoms with Gasteiger partial charge in [0.1, 0.15) is 23.8 Å². The Morgan fingerprint density at radius 2 is 1.87 bits per heavy atom. The standard InChI is InChI=1S/C25H26F3N3O6S/c1-5-13-30(4)38(33,34)31(37-18(3)32)15-19-7-6-8-22(14-19)35-16-23-17(2)36-24(29-23)20-9-11-21(12-10-20)25(26,27)28/h5-12,14H,1,13,15-16H2,2-4H3. The summed E-state index contributed by atoms with van der Waals surface area (Å²) < 4.78 is 77.0. The lowest BCUT2D eigenvalue weighted by molar-refractivity contribution is -0.168. The van der Waals surface area contributed by atoms with E-state index in [1.165, 1.54) is 25.3 Å². The molecule has 38 heavy (non-hydrogen) atoms. The number of ether oxygens (including phenoxy) is 1. The summed E-state index contributed by atoms with van der Waals surface area (Å²) in [6.45, 7) is 5.97. The normalized spacial score (nSPS) is 12.1. The van der Waals surface area contributed by atoms with Crippen LogP contribution >= 0.6 is 0 Å². The number of rotatable bonds is 11. The summed E-state index contributed by atoms with van der Waals surface area (Å²) in [5.74, 6) is 0.141. The molecule has 0 N–H and O–H groups in total. The Bertz CT molecular complexity index is 1390. The molecular weight excluding hydrogens is 527 g/mol. The number of carbonyl (C=O) groups excluding carboxylic acids is 1. The number of alkyl halides is 3. The molecule has 9 nitrogen and oxygen atoms in total. The molecule has 0 aliphatic rings. The van der Waals surface area contributed by atoms with Gasteiger partial charge in [-0.05, 0) is 53.4 Å². The number of hydrogen-bond donors (Lipinski definition) is 0. The van der Waals surface area contributed by atoms with Gasteiger partial charge in [0, 0.05) is 26.1 Å². The number of aryl methyl sites for hydroxylation is 1. The first-order valence-electron chi connectivity index (χ1n) is 11.2. The molecule has 0 amide bonds. The summed E-state index contributed by atoms with van der Waals surface area (Å²) in [6.07, 6.45) is -3.05. The Hall–Kier alpha value is -3.68. The SMILES string of the molecule is C=CCN(C)S(=O)(=O)N(Cc1cccc(OCc2nc(-c3ccc(C(F)(F)F)cc3)oc2C)c1)OC(C)=O.